The van der Waals surface area contributed by atoms with Crippen molar-refractivity contribution < 1.29 is 9.18 Å². The van der Waals surface area contributed by atoms with Crippen LogP contribution < -0.4 is 20.7 Å². The third-order valence-electron chi connectivity index (χ3n) is 5.95. The van der Waals surface area contributed by atoms with Gasteiger partial charge < -0.3 is 15.1 Å². The Labute approximate surface area is 206 Å². The number of hydrogen-bond acceptors (Lipinski definition) is 7. The van der Waals surface area contributed by atoms with Crippen molar-refractivity contribution in [3.8, 4) is 11.3 Å². The first-order chi connectivity index (χ1) is 17.5. The van der Waals surface area contributed by atoms with Gasteiger partial charge >= 0.3 is 0 Å². The van der Waals surface area contributed by atoms with E-state index in [0.29, 0.717) is 17.1 Å². The van der Waals surface area contributed by atoms with Crippen molar-refractivity contribution in [2.45, 2.75) is 6.54 Å². The predicted molar refractivity (Wildman–Crippen MR) is 135 cm³/mol. The summed E-state index contributed by atoms with van der Waals surface area (Å²) in [5.41, 5.74) is 1.87. The zero-order valence-corrected chi connectivity index (χ0v) is 19.4. The van der Waals surface area contributed by atoms with Crippen LogP contribution in [0.2, 0.25) is 0 Å². The lowest BCUT2D eigenvalue weighted by atomic mass is 10.1. The van der Waals surface area contributed by atoms with Gasteiger partial charge in [0, 0.05) is 49.6 Å². The van der Waals surface area contributed by atoms with E-state index in [0.717, 1.165) is 36.7 Å². The van der Waals surface area contributed by atoms with Crippen LogP contribution in [0.1, 0.15) is 0 Å². The summed E-state index contributed by atoms with van der Waals surface area (Å²) in [6, 6.07) is 20.6. The molecule has 1 saturated heterocycles. The number of halogens is 1. The molecule has 1 aliphatic rings. The van der Waals surface area contributed by atoms with Crippen molar-refractivity contribution in [1.29, 1.82) is 0 Å². The van der Waals surface area contributed by atoms with Gasteiger partial charge in [-0.1, -0.05) is 18.2 Å². The number of rotatable bonds is 6. The van der Waals surface area contributed by atoms with Crippen LogP contribution in [-0.4, -0.2) is 51.8 Å². The number of carbonyl (C=O) groups is 1. The normalized spacial score (nSPS) is 13.5. The highest BCUT2D eigenvalue weighted by molar-refractivity contribution is 5.89. The molecular weight excluding hydrogens is 461 g/mol. The number of amides is 1. The van der Waals surface area contributed by atoms with Gasteiger partial charge in [-0.25, -0.2) is 19.0 Å². The van der Waals surface area contributed by atoms with Crippen LogP contribution in [0.5, 0.6) is 0 Å². The third-order valence-corrected chi connectivity index (χ3v) is 5.95. The molecule has 9 nitrogen and oxygen atoms in total. The van der Waals surface area contributed by atoms with Gasteiger partial charge in [-0.3, -0.25) is 9.59 Å². The van der Waals surface area contributed by atoms with Gasteiger partial charge in [-0.15, -0.1) is 0 Å². The van der Waals surface area contributed by atoms with Crippen LogP contribution in [0.4, 0.5) is 21.7 Å². The van der Waals surface area contributed by atoms with E-state index in [1.54, 1.807) is 18.2 Å². The molecule has 0 atom stereocenters. The largest absolute Gasteiger partial charge is 0.368 e. The van der Waals surface area contributed by atoms with E-state index in [4.69, 9.17) is 0 Å². The Hall–Kier alpha value is -4.60. The number of hydrogen-bond donors (Lipinski definition) is 1. The van der Waals surface area contributed by atoms with Crippen molar-refractivity contribution in [3.05, 3.63) is 95.3 Å². The lowest BCUT2D eigenvalue weighted by molar-refractivity contribution is -0.117. The molecule has 2 aromatic carbocycles. The van der Waals surface area contributed by atoms with Crippen LogP contribution in [-0.2, 0) is 11.3 Å². The van der Waals surface area contributed by atoms with Crippen LogP contribution in [0.25, 0.3) is 11.3 Å². The molecule has 2 aromatic heterocycles. The summed E-state index contributed by atoms with van der Waals surface area (Å²) in [6.45, 7) is 3.00. The first-order valence-corrected chi connectivity index (χ1v) is 11.6. The van der Waals surface area contributed by atoms with Crippen LogP contribution in [0, 0.1) is 5.82 Å². The minimum Gasteiger partial charge on any atom is -0.368 e. The molecule has 1 fully saturated rings. The highest BCUT2D eigenvalue weighted by Gasteiger charge is 2.19. The average molecular weight is 486 g/mol. The first kappa shape index (κ1) is 23.2. The Balaban J connectivity index is 1.23. The van der Waals surface area contributed by atoms with E-state index in [2.05, 4.69) is 42.3 Å². The zero-order valence-electron chi connectivity index (χ0n) is 19.4. The van der Waals surface area contributed by atoms with Gasteiger partial charge in [0.25, 0.3) is 5.56 Å². The summed E-state index contributed by atoms with van der Waals surface area (Å²) in [7, 11) is 0. The van der Waals surface area contributed by atoms with Gasteiger partial charge in [0.05, 0.1) is 5.69 Å². The zero-order chi connectivity index (χ0) is 24.9. The summed E-state index contributed by atoms with van der Waals surface area (Å²) >= 11 is 0. The van der Waals surface area contributed by atoms with E-state index in [1.165, 1.54) is 36.3 Å². The fourth-order valence-electron chi connectivity index (χ4n) is 4.08. The summed E-state index contributed by atoms with van der Waals surface area (Å²) in [6.07, 6.45) is 1.41. The van der Waals surface area contributed by atoms with Crippen molar-refractivity contribution in [2.75, 3.05) is 41.3 Å². The van der Waals surface area contributed by atoms with Gasteiger partial charge in [-0.05, 0) is 42.5 Å². The van der Waals surface area contributed by atoms with Crippen molar-refractivity contribution in [3.63, 3.8) is 0 Å². The molecule has 0 radical (unpaired) electrons. The number of anilines is 3. The summed E-state index contributed by atoms with van der Waals surface area (Å²) in [5.74, 6) is 0.257. The fraction of sp³-hybridized carbons (Fsp3) is 0.192. The molecule has 1 N–H and O–H groups in total. The highest BCUT2D eigenvalue weighted by atomic mass is 19.1. The molecule has 4 aromatic rings. The second-order valence-corrected chi connectivity index (χ2v) is 8.34. The second kappa shape index (κ2) is 10.3. The molecule has 3 heterocycles. The van der Waals surface area contributed by atoms with Crippen molar-refractivity contribution in [1.82, 2.24) is 19.7 Å². The number of benzene rings is 2. The number of para-hydroxylation sites is 1. The predicted octanol–water partition coefficient (Wildman–Crippen LogP) is 2.80. The maximum absolute atomic E-state index is 13.2. The van der Waals surface area contributed by atoms with E-state index < -0.39 is 11.5 Å². The van der Waals surface area contributed by atoms with Gasteiger partial charge in [0.1, 0.15) is 30.3 Å². The smallest absolute Gasteiger partial charge is 0.267 e. The molecule has 0 aliphatic carbocycles. The minimum atomic E-state index is -0.445. The first-order valence-electron chi connectivity index (χ1n) is 11.6. The molecular formula is C26H24FN7O2. The molecule has 10 heteroatoms. The quantitative estimate of drug-likeness (QED) is 0.449. The molecule has 1 amide bonds. The lowest BCUT2D eigenvalue weighted by Gasteiger charge is -2.36. The van der Waals surface area contributed by atoms with E-state index in [-0.39, 0.29) is 12.4 Å². The van der Waals surface area contributed by atoms with Gasteiger partial charge in [0.2, 0.25) is 5.91 Å². The Morgan fingerprint density at radius 3 is 2.36 bits per heavy atom. The van der Waals surface area contributed by atoms with Crippen LogP contribution in [0.15, 0.2) is 83.9 Å². The SMILES string of the molecule is O=C(Cn1nc(-c2ccc(F)cc2)ccc1=O)Nc1cc(N2CCN(c3ccccc3)CC2)ncn1. The van der Waals surface area contributed by atoms with E-state index >= 15 is 0 Å². The Morgan fingerprint density at radius 1 is 0.889 bits per heavy atom. The fourth-order valence-corrected chi connectivity index (χ4v) is 4.08. The van der Waals surface area contributed by atoms with Crippen LogP contribution in [0.3, 0.4) is 0 Å². The van der Waals surface area contributed by atoms with E-state index in [9.17, 15) is 14.0 Å². The number of piperazine rings is 1. The molecule has 0 spiro atoms. The molecule has 5 rings (SSSR count). The number of aromatic nitrogens is 4. The Morgan fingerprint density at radius 2 is 1.61 bits per heavy atom. The highest BCUT2D eigenvalue weighted by Crippen LogP contribution is 2.20. The van der Waals surface area contributed by atoms with Crippen LogP contribution >= 0.6 is 0 Å². The molecule has 0 bridgehead atoms. The molecule has 0 unspecified atom stereocenters. The monoisotopic (exact) mass is 485 g/mol. The summed E-state index contributed by atoms with van der Waals surface area (Å²) in [5, 5.41) is 6.97. The molecule has 1 aliphatic heterocycles. The maximum Gasteiger partial charge on any atom is 0.267 e. The molecule has 0 saturated carbocycles. The lowest BCUT2D eigenvalue weighted by Crippen LogP contribution is -2.46. The Bertz CT molecular complexity index is 1400. The van der Waals surface area contributed by atoms with E-state index in [1.807, 2.05) is 18.2 Å². The van der Waals surface area contributed by atoms with Gasteiger partial charge in [-0.2, -0.15) is 5.10 Å². The Kier molecular flexibility index (Phi) is 6.65. The maximum atomic E-state index is 13.2. The topological polar surface area (TPSA) is 96.2 Å². The summed E-state index contributed by atoms with van der Waals surface area (Å²) < 4.78 is 14.3. The minimum absolute atomic E-state index is 0.289. The standard InChI is InChI=1S/C26H24FN7O2/c27-20-8-6-19(7-9-20)22-10-11-26(36)34(31-22)17-25(35)30-23-16-24(29-18-28-23)33-14-12-32(13-15-33)21-4-2-1-3-5-21/h1-11,16,18H,12-15,17H2,(H,28,29,30,35). The average Bonchev–Trinajstić information content (AvgIpc) is 2.91. The number of nitrogens with one attached hydrogen (secondary N) is 1. The number of carbonyl (C=O) groups excluding carboxylic acids is 1. The number of nitrogens with zero attached hydrogens (tertiary/aromatic N) is 6. The molecule has 36 heavy (non-hydrogen) atoms. The van der Waals surface area contributed by atoms with Gasteiger partial charge in [0.15, 0.2) is 0 Å². The molecule has 182 valence electrons. The third kappa shape index (κ3) is 5.38. The van der Waals surface area contributed by atoms with Crippen molar-refractivity contribution in [2.24, 2.45) is 0 Å². The summed E-state index contributed by atoms with van der Waals surface area (Å²) in [4.78, 5) is 37.9. The van der Waals surface area contributed by atoms with Crippen molar-refractivity contribution >= 4 is 23.2 Å². The second-order valence-electron chi connectivity index (χ2n) is 8.34.